The average molecular weight is 265 g/mol. The second-order valence-corrected chi connectivity index (χ2v) is 5.35. The van der Waals surface area contributed by atoms with Crippen LogP contribution in [-0.2, 0) is 11.3 Å². The normalized spacial score (nSPS) is 21.3. The summed E-state index contributed by atoms with van der Waals surface area (Å²) in [4.78, 5) is 7.74. The first-order chi connectivity index (χ1) is 8.81. The Hall–Kier alpha value is -1.24. The lowest BCUT2D eigenvalue weighted by atomic mass is 10.3. The zero-order valence-corrected chi connectivity index (χ0v) is 11.0. The van der Waals surface area contributed by atoms with E-state index in [0.717, 1.165) is 24.6 Å². The molecule has 5 nitrogen and oxygen atoms in total. The van der Waals surface area contributed by atoms with Gasteiger partial charge >= 0.3 is 0 Å². The van der Waals surface area contributed by atoms with Gasteiger partial charge in [-0.1, -0.05) is 11.2 Å². The van der Waals surface area contributed by atoms with Crippen LogP contribution in [0.5, 0.6) is 0 Å². The van der Waals surface area contributed by atoms with Gasteiger partial charge in [0.1, 0.15) is 0 Å². The maximum absolute atomic E-state index is 5.50. The minimum Gasteiger partial charge on any atom is -0.376 e. The monoisotopic (exact) mass is 265 g/mol. The lowest BCUT2D eigenvalue weighted by Gasteiger charge is -2.29. The number of morpholine rings is 1. The molecular weight excluding hydrogens is 250 g/mol. The molecule has 2 aromatic heterocycles. The second kappa shape index (κ2) is 5.17. The molecule has 1 aliphatic rings. The van der Waals surface area contributed by atoms with Gasteiger partial charge in [-0.3, -0.25) is 4.90 Å². The minimum absolute atomic E-state index is 0.276. The van der Waals surface area contributed by atoms with Gasteiger partial charge < -0.3 is 9.26 Å². The Bertz CT molecular complexity index is 497. The quantitative estimate of drug-likeness (QED) is 0.849. The predicted octanol–water partition coefficient (Wildman–Crippen LogP) is 2.02. The summed E-state index contributed by atoms with van der Waals surface area (Å²) >= 11 is 1.62. The summed E-state index contributed by atoms with van der Waals surface area (Å²) in [6.45, 7) is 5.38. The van der Waals surface area contributed by atoms with Crippen molar-refractivity contribution in [3.8, 4) is 10.7 Å². The van der Waals surface area contributed by atoms with Crippen LogP contribution in [0.1, 0.15) is 12.8 Å². The fourth-order valence-electron chi connectivity index (χ4n) is 2.05. The molecule has 2 aromatic rings. The third-order valence-corrected chi connectivity index (χ3v) is 3.76. The Morgan fingerprint density at radius 2 is 2.50 bits per heavy atom. The number of hydrogen-bond donors (Lipinski definition) is 0. The number of aromatic nitrogens is 2. The molecule has 3 rings (SSSR count). The van der Waals surface area contributed by atoms with Crippen LogP contribution in [0.2, 0.25) is 0 Å². The third kappa shape index (κ3) is 2.60. The van der Waals surface area contributed by atoms with Crippen LogP contribution in [0.4, 0.5) is 0 Å². The fraction of sp³-hybridized carbons (Fsp3) is 0.500. The van der Waals surface area contributed by atoms with Crippen molar-refractivity contribution < 1.29 is 9.26 Å². The Morgan fingerprint density at radius 3 is 3.28 bits per heavy atom. The molecular formula is C12H15N3O2S. The first-order valence-corrected chi connectivity index (χ1v) is 6.89. The highest BCUT2D eigenvalue weighted by Crippen LogP contribution is 2.21. The van der Waals surface area contributed by atoms with Gasteiger partial charge in [0.15, 0.2) is 0 Å². The van der Waals surface area contributed by atoms with Crippen LogP contribution in [0.3, 0.4) is 0 Å². The molecule has 0 aromatic carbocycles. The van der Waals surface area contributed by atoms with Crippen molar-refractivity contribution in [1.82, 2.24) is 15.0 Å². The molecule has 1 aliphatic heterocycles. The van der Waals surface area contributed by atoms with Gasteiger partial charge in [-0.2, -0.15) is 4.98 Å². The van der Waals surface area contributed by atoms with E-state index in [2.05, 4.69) is 22.0 Å². The highest BCUT2D eigenvalue weighted by atomic mass is 32.1. The molecule has 96 valence electrons. The molecule has 1 fully saturated rings. The van der Waals surface area contributed by atoms with Crippen molar-refractivity contribution in [3.63, 3.8) is 0 Å². The molecule has 3 heterocycles. The van der Waals surface area contributed by atoms with E-state index in [1.807, 2.05) is 17.5 Å². The smallest absolute Gasteiger partial charge is 0.241 e. The van der Waals surface area contributed by atoms with Crippen molar-refractivity contribution >= 4 is 11.3 Å². The summed E-state index contributed by atoms with van der Waals surface area (Å²) in [6.07, 6.45) is 0.276. The molecule has 0 spiro atoms. The molecule has 1 saturated heterocycles. The van der Waals surface area contributed by atoms with Crippen LogP contribution in [0, 0.1) is 0 Å². The molecule has 0 aliphatic carbocycles. The Kier molecular flexibility index (Phi) is 3.40. The van der Waals surface area contributed by atoms with Crippen LogP contribution in [0.15, 0.2) is 22.0 Å². The molecule has 0 radical (unpaired) electrons. The summed E-state index contributed by atoms with van der Waals surface area (Å²) in [5.41, 5.74) is 0. The van der Waals surface area contributed by atoms with Gasteiger partial charge in [-0.15, -0.1) is 11.3 Å². The molecule has 18 heavy (non-hydrogen) atoms. The zero-order chi connectivity index (χ0) is 12.4. The molecule has 0 N–H and O–H groups in total. The lowest BCUT2D eigenvalue weighted by Crippen LogP contribution is -2.40. The SMILES string of the molecule is C[C@@H]1CN(Cc2nc(-c3cccs3)no2)CCO1. The minimum atomic E-state index is 0.276. The van der Waals surface area contributed by atoms with Crippen LogP contribution in [0.25, 0.3) is 10.7 Å². The number of thiophene rings is 1. The maximum Gasteiger partial charge on any atom is 0.241 e. The molecule has 0 bridgehead atoms. The number of ether oxygens (including phenoxy) is 1. The summed E-state index contributed by atoms with van der Waals surface area (Å²) in [7, 11) is 0. The van der Waals surface area contributed by atoms with Gasteiger partial charge in [-0.25, -0.2) is 0 Å². The lowest BCUT2D eigenvalue weighted by molar-refractivity contribution is -0.0240. The molecule has 0 amide bonds. The van der Waals surface area contributed by atoms with Crippen LogP contribution >= 0.6 is 11.3 Å². The molecule has 6 heteroatoms. The van der Waals surface area contributed by atoms with E-state index in [4.69, 9.17) is 9.26 Å². The van der Waals surface area contributed by atoms with Crippen molar-refractivity contribution in [2.45, 2.75) is 19.6 Å². The first-order valence-electron chi connectivity index (χ1n) is 6.01. The number of hydrogen-bond acceptors (Lipinski definition) is 6. The van der Waals surface area contributed by atoms with E-state index in [-0.39, 0.29) is 6.10 Å². The molecule has 0 unspecified atom stereocenters. The van der Waals surface area contributed by atoms with Crippen molar-refractivity contribution in [2.24, 2.45) is 0 Å². The van der Waals surface area contributed by atoms with E-state index in [1.165, 1.54) is 0 Å². The van der Waals surface area contributed by atoms with E-state index in [0.29, 0.717) is 18.3 Å². The van der Waals surface area contributed by atoms with Crippen molar-refractivity contribution in [1.29, 1.82) is 0 Å². The summed E-state index contributed by atoms with van der Waals surface area (Å²) < 4.78 is 10.8. The largest absolute Gasteiger partial charge is 0.376 e. The van der Waals surface area contributed by atoms with Gasteiger partial charge in [0.25, 0.3) is 0 Å². The predicted molar refractivity (Wildman–Crippen MR) is 68.3 cm³/mol. The molecule has 0 saturated carbocycles. The van der Waals surface area contributed by atoms with Gasteiger partial charge in [0, 0.05) is 13.1 Å². The van der Waals surface area contributed by atoms with Crippen LogP contribution in [-0.4, -0.2) is 40.8 Å². The Labute approximate surface area is 109 Å². The van der Waals surface area contributed by atoms with Crippen LogP contribution < -0.4 is 0 Å². The standard InChI is InChI=1S/C12H15N3O2S/c1-9-7-15(4-5-16-9)8-11-13-12(14-17-11)10-3-2-6-18-10/h2-3,6,9H,4-5,7-8H2,1H3/t9-/m1/s1. The Balaban J connectivity index is 1.66. The van der Waals surface area contributed by atoms with Crippen molar-refractivity contribution in [2.75, 3.05) is 19.7 Å². The maximum atomic E-state index is 5.50. The average Bonchev–Trinajstić information content (AvgIpc) is 2.98. The third-order valence-electron chi connectivity index (χ3n) is 2.89. The van der Waals surface area contributed by atoms with Gasteiger partial charge in [0.2, 0.25) is 11.7 Å². The van der Waals surface area contributed by atoms with Gasteiger partial charge in [0.05, 0.1) is 24.1 Å². The second-order valence-electron chi connectivity index (χ2n) is 4.41. The zero-order valence-electron chi connectivity index (χ0n) is 10.2. The van der Waals surface area contributed by atoms with E-state index >= 15 is 0 Å². The van der Waals surface area contributed by atoms with Gasteiger partial charge in [-0.05, 0) is 18.4 Å². The number of nitrogens with zero attached hydrogens (tertiary/aromatic N) is 3. The van der Waals surface area contributed by atoms with E-state index < -0.39 is 0 Å². The van der Waals surface area contributed by atoms with E-state index in [1.54, 1.807) is 11.3 Å². The van der Waals surface area contributed by atoms with E-state index in [9.17, 15) is 0 Å². The number of rotatable bonds is 3. The first kappa shape index (κ1) is 11.8. The molecule has 1 atom stereocenters. The Morgan fingerprint density at radius 1 is 1.56 bits per heavy atom. The summed E-state index contributed by atoms with van der Waals surface area (Å²) in [5.74, 6) is 1.36. The fourth-order valence-corrected chi connectivity index (χ4v) is 2.70. The summed E-state index contributed by atoms with van der Waals surface area (Å²) in [6, 6.07) is 3.98. The highest BCUT2D eigenvalue weighted by Gasteiger charge is 2.19. The van der Waals surface area contributed by atoms with Crippen molar-refractivity contribution in [3.05, 3.63) is 23.4 Å². The summed E-state index contributed by atoms with van der Waals surface area (Å²) in [5, 5.41) is 6.02. The highest BCUT2D eigenvalue weighted by molar-refractivity contribution is 7.13. The topological polar surface area (TPSA) is 51.4 Å².